The molecule has 3 rings (SSSR count). The Morgan fingerprint density at radius 3 is 1.90 bits per heavy atom. The summed E-state index contributed by atoms with van der Waals surface area (Å²) in [6.45, 7) is 6.47. The molecular weight excluding hydrogens is 386 g/mol. The van der Waals surface area contributed by atoms with E-state index >= 15 is 0 Å². The Morgan fingerprint density at radius 1 is 0.774 bits per heavy atom. The van der Waals surface area contributed by atoms with Gasteiger partial charge in [-0.15, -0.1) is 0 Å². The van der Waals surface area contributed by atoms with Gasteiger partial charge in [0.2, 0.25) is 0 Å². The molecule has 0 aliphatic heterocycles. The van der Waals surface area contributed by atoms with Crippen LogP contribution in [0.2, 0.25) is 0 Å². The van der Waals surface area contributed by atoms with Crippen molar-refractivity contribution in [3.8, 4) is 0 Å². The van der Waals surface area contributed by atoms with Gasteiger partial charge in [-0.25, -0.2) is 8.78 Å². The largest absolute Gasteiger partial charge is 0.207 e. The summed E-state index contributed by atoms with van der Waals surface area (Å²) in [5, 5.41) is 0. The molecule has 1 aromatic carbocycles. The maximum absolute atomic E-state index is 14.9. The predicted octanol–water partition coefficient (Wildman–Crippen LogP) is 9.92. The average Bonchev–Trinajstić information content (AvgIpc) is 2.77. The van der Waals surface area contributed by atoms with Crippen molar-refractivity contribution in [1.82, 2.24) is 0 Å². The smallest absolute Gasteiger partial charge is 0.129 e. The Kier molecular flexibility index (Phi) is 9.85. The highest BCUT2D eigenvalue weighted by Gasteiger charge is 2.31. The minimum Gasteiger partial charge on any atom is -0.207 e. The van der Waals surface area contributed by atoms with Crippen LogP contribution in [0.3, 0.4) is 0 Å². The summed E-state index contributed by atoms with van der Waals surface area (Å²) in [6, 6.07) is 3.34. The number of unbranched alkanes of at least 4 members (excludes halogenated alkanes) is 3. The molecule has 0 amide bonds. The molecule has 2 saturated carbocycles. The predicted molar refractivity (Wildman–Crippen MR) is 129 cm³/mol. The Hall–Kier alpha value is -0.920. The van der Waals surface area contributed by atoms with Crippen LogP contribution in [0, 0.1) is 29.4 Å². The molecule has 2 aliphatic rings. The van der Waals surface area contributed by atoms with Crippen molar-refractivity contribution in [2.24, 2.45) is 17.8 Å². The van der Waals surface area contributed by atoms with Crippen molar-refractivity contribution in [2.45, 2.75) is 129 Å². The van der Waals surface area contributed by atoms with Crippen LogP contribution >= 0.6 is 0 Å². The zero-order valence-electron chi connectivity index (χ0n) is 20.4. The van der Waals surface area contributed by atoms with Crippen molar-refractivity contribution in [3.63, 3.8) is 0 Å². The first-order chi connectivity index (χ1) is 15.0. The van der Waals surface area contributed by atoms with Crippen molar-refractivity contribution >= 4 is 0 Å². The minimum absolute atomic E-state index is 0.0375. The molecule has 0 radical (unpaired) electrons. The van der Waals surface area contributed by atoms with E-state index in [-0.39, 0.29) is 17.6 Å². The number of hydrogen-bond acceptors (Lipinski definition) is 0. The summed E-state index contributed by atoms with van der Waals surface area (Å²) in [5.74, 6) is 2.39. The molecule has 2 fully saturated rings. The van der Waals surface area contributed by atoms with Crippen molar-refractivity contribution in [3.05, 3.63) is 34.9 Å². The maximum Gasteiger partial charge on any atom is 0.129 e. The maximum atomic E-state index is 14.9. The van der Waals surface area contributed by atoms with E-state index in [4.69, 9.17) is 0 Å². The molecular formula is C29H46F2. The first-order valence-electron chi connectivity index (χ1n) is 13.5. The van der Waals surface area contributed by atoms with E-state index in [1.807, 2.05) is 6.92 Å². The third-order valence-electron chi connectivity index (χ3n) is 8.58. The molecule has 0 N–H and O–H groups in total. The Labute approximate surface area is 190 Å². The van der Waals surface area contributed by atoms with E-state index < -0.39 is 0 Å². The Morgan fingerprint density at radius 2 is 1.35 bits per heavy atom. The van der Waals surface area contributed by atoms with Gasteiger partial charge in [0.15, 0.2) is 0 Å². The van der Waals surface area contributed by atoms with E-state index in [2.05, 4.69) is 13.8 Å². The van der Waals surface area contributed by atoms with Gasteiger partial charge in [-0.05, 0) is 92.2 Å². The Balaban J connectivity index is 1.52. The molecule has 0 spiro atoms. The van der Waals surface area contributed by atoms with Crippen LogP contribution in [0.15, 0.2) is 12.1 Å². The quantitative estimate of drug-likeness (QED) is 0.323. The molecule has 0 nitrogen and oxygen atoms in total. The fourth-order valence-corrected chi connectivity index (χ4v) is 6.61. The molecule has 0 aromatic heterocycles. The molecule has 0 heterocycles. The van der Waals surface area contributed by atoms with Gasteiger partial charge in [0, 0.05) is 5.56 Å². The number of rotatable bonds is 10. The van der Waals surface area contributed by atoms with E-state index in [1.54, 1.807) is 12.1 Å². The number of benzene rings is 1. The molecule has 31 heavy (non-hydrogen) atoms. The monoisotopic (exact) mass is 432 g/mol. The summed E-state index contributed by atoms with van der Waals surface area (Å²) in [4.78, 5) is 0. The fourth-order valence-electron chi connectivity index (χ4n) is 6.61. The molecule has 176 valence electrons. The highest BCUT2D eigenvalue weighted by molar-refractivity contribution is 5.31. The van der Waals surface area contributed by atoms with Gasteiger partial charge in [0.1, 0.15) is 11.6 Å². The fraction of sp³-hybridized carbons (Fsp3) is 0.793. The second-order valence-corrected chi connectivity index (χ2v) is 10.8. The standard InChI is InChI=1S/C29H46F2/c1-4-6-7-8-10-21(3)29-27(30)19-26(20-28(29)31)25-17-15-24(16-18-25)23-13-11-22(9-5-2)12-14-23/h19-25H,4-18H2,1-3H3. The van der Waals surface area contributed by atoms with Crippen molar-refractivity contribution in [1.29, 1.82) is 0 Å². The van der Waals surface area contributed by atoms with Gasteiger partial charge in [-0.1, -0.05) is 72.1 Å². The Bertz CT molecular complexity index is 628. The summed E-state index contributed by atoms with van der Waals surface area (Å²) in [7, 11) is 0. The second kappa shape index (κ2) is 12.4. The van der Waals surface area contributed by atoms with Crippen molar-refractivity contribution < 1.29 is 8.78 Å². The summed E-state index contributed by atoms with van der Waals surface area (Å²) in [5.41, 5.74) is 1.22. The van der Waals surface area contributed by atoms with Crippen LogP contribution < -0.4 is 0 Å². The number of halogens is 2. The van der Waals surface area contributed by atoms with Gasteiger partial charge in [-0.3, -0.25) is 0 Å². The zero-order valence-corrected chi connectivity index (χ0v) is 20.4. The third-order valence-corrected chi connectivity index (χ3v) is 8.58. The molecule has 0 bridgehead atoms. The summed E-state index contributed by atoms with van der Waals surface area (Å²) >= 11 is 0. The topological polar surface area (TPSA) is 0 Å². The summed E-state index contributed by atoms with van der Waals surface area (Å²) in [6.07, 6.45) is 18.6. The SMILES string of the molecule is CCCCCCC(C)c1c(F)cc(C2CCC(C3CCC(CCC)CC3)CC2)cc1F. The summed E-state index contributed by atoms with van der Waals surface area (Å²) < 4.78 is 29.8. The van der Waals surface area contributed by atoms with Crippen LogP contribution in [0.4, 0.5) is 8.78 Å². The van der Waals surface area contributed by atoms with Crippen LogP contribution in [0.5, 0.6) is 0 Å². The van der Waals surface area contributed by atoms with Crippen LogP contribution in [-0.4, -0.2) is 0 Å². The minimum atomic E-state index is -0.311. The second-order valence-electron chi connectivity index (χ2n) is 10.8. The van der Waals surface area contributed by atoms with Crippen LogP contribution in [0.25, 0.3) is 0 Å². The average molecular weight is 433 g/mol. The lowest BCUT2D eigenvalue weighted by molar-refractivity contribution is 0.156. The first-order valence-corrected chi connectivity index (χ1v) is 13.5. The van der Waals surface area contributed by atoms with Crippen LogP contribution in [-0.2, 0) is 0 Å². The molecule has 2 aliphatic carbocycles. The lowest BCUT2D eigenvalue weighted by atomic mass is 9.68. The van der Waals surface area contributed by atoms with Gasteiger partial charge in [-0.2, -0.15) is 0 Å². The highest BCUT2D eigenvalue weighted by atomic mass is 19.1. The lowest BCUT2D eigenvalue weighted by Gasteiger charge is -2.38. The van der Waals surface area contributed by atoms with Gasteiger partial charge in [0.05, 0.1) is 0 Å². The van der Waals surface area contributed by atoms with Crippen LogP contribution in [0.1, 0.15) is 140 Å². The van der Waals surface area contributed by atoms with Gasteiger partial charge >= 0.3 is 0 Å². The van der Waals surface area contributed by atoms with E-state index in [0.29, 0.717) is 11.5 Å². The van der Waals surface area contributed by atoms with E-state index in [9.17, 15) is 8.78 Å². The van der Waals surface area contributed by atoms with E-state index in [0.717, 1.165) is 55.4 Å². The normalized spacial score (nSPS) is 27.9. The van der Waals surface area contributed by atoms with E-state index in [1.165, 1.54) is 64.2 Å². The number of hydrogen-bond donors (Lipinski definition) is 0. The lowest BCUT2D eigenvalue weighted by Crippen LogP contribution is -2.25. The first kappa shape index (κ1) is 24.7. The molecule has 1 aromatic rings. The highest BCUT2D eigenvalue weighted by Crippen LogP contribution is 2.45. The van der Waals surface area contributed by atoms with Gasteiger partial charge < -0.3 is 0 Å². The third kappa shape index (κ3) is 6.78. The molecule has 0 saturated heterocycles. The van der Waals surface area contributed by atoms with Gasteiger partial charge in [0.25, 0.3) is 0 Å². The molecule has 1 atom stereocenters. The van der Waals surface area contributed by atoms with Crippen molar-refractivity contribution in [2.75, 3.05) is 0 Å². The molecule has 2 heteroatoms. The molecule has 1 unspecified atom stereocenters. The zero-order chi connectivity index (χ0) is 22.2.